The number of rotatable bonds is 18. The van der Waals surface area contributed by atoms with E-state index in [1.54, 1.807) is 30.7 Å². The number of hydrogen-bond acceptors (Lipinski definition) is 13. The van der Waals surface area contributed by atoms with Gasteiger partial charge in [-0.3, -0.25) is 4.98 Å². The lowest BCUT2D eigenvalue weighted by molar-refractivity contribution is -0.142. The van der Waals surface area contributed by atoms with Gasteiger partial charge in [-0.05, 0) is 49.9 Å². The van der Waals surface area contributed by atoms with Crippen LogP contribution in [0.25, 0.3) is 26.8 Å². The van der Waals surface area contributed by atoms with Gasteiger partial charge in [0.25, 0.3) is 6.54 Å². The topological polar surface area (TPSA) is 153 Å². The number of anilines is 2. The molecule has 0 saturated heterocycles. The summed E-state index contributed by atoms with van der Waals surface area (Å²) >= 11 is 0. The first kappa shape index (κ1) is 45.8. The number of nitrogens with zero attached hydrogens (tertiary/aromatic N) is 9. The Morgan fingerprint density at radius 2 is 1.11 bits per heavy atom. The number of ether oxygens (including phenoxy) is 2. The highest BCUT2D eigenvalue weighted by Gasteiger charge is 2.38. The molecule has 0 amide bonds. The van der Waals surface area contributed by atoms with E-state index in [1.165, 1.54) is 18.3 Å². The quantitative estimate of drug-likeness (QED) is 0.0498. The molecule has 0 unspecified atom stereocenters. The van der Waals surface area contributed by atoms with Gasteiger partial charge in [-0.25, -0.2) is 21.5 Å². The van der Waals surface area contributed by atoms with Gasteiger partial charge in [-0.1, -0.05) is 37.0 Å². The van der Waals surface area contributed by atoms with Crippen LogP contribution in [0.3, 0.4) is 0 Å². The van der Waals surface area contributed by atoms with E-state index in [0.29, 0.717) is 97.6 Å². The number of halogens is 6. The lowest BCUT2D eigenvalue weighted by atomic mass is 10.0. The molecular weight excluding hydrogens is 812 g/mol. The van der Waals surface area contributed by atoms with Crippen molar-refractivity contribution >= 4 is 33.6 Å². The predicted molar refractivity (Wildman–Crippen MR) is 213 cm³/mol. The minimum atomic E-state index is -4.57. The molecule has 0 atom stereocenters. The van der Waals surface area contributed by atoms with Crippen molar-refractivity contribution in [2.24, 2.45) is 0 Å². The molecule has 0 aliphatic rings. The molecule has 4 heterocycles. The van der Waals surface area contributed by atoms with Crippen LogP contribution in [0.2, 0.25) is 0 Å². The van der Waals surface area contributed by atoms with E-state index in [1.807, 2.05) is 37.7 Å². The zero-order valence-electron chi connectivity index (χ0n) is 34.0. The molecule has 0 bridgehead atoms. The average Bonchev–Trinajstić information content (AvgIpc) is 3.89. The van der Waals surface area contributed by atoms with E-state index < -0.39 is 23.7 Å². The highest BCUT2D eigenvalue weighted by molar-refractivity contribution is 5.86. The average molecular weight is 858 g/mol. The summed E-state index contributed by atoms with van der Waals surface area (Å²) in [7, 11) is 3.74. The van der Waals surface area contributed by atoms with Gasteiger partial charge in [0.05, 0.1) is 61.1 Å². The third-order valence-corrected chi connectivity index (χ3v) is 9.30. The number of benzene rings is 2. The largest absolute Gasteiger partial charge is 0.493 e. The Labute approximate surface area is 347 Å². The van der Waals surface area contributed by atoms with E-state index >= 15 is 0 Å². The Morgan fingerprint density at radius 3 is 1.48 bits per heavy atom. The van der Waals surface area contributed by atoms with Gasteiger partial charge in [0.15, 0.2) is 22.6 Å². The fraction of sp³-hybridized carbons (Fsp3) is 0.439. The maximum Gasteiger partial charge on any atom is 0.437 e. The van der Waals surface area contributed by atoms with E-state index in [-0.39, 0.29) is 35.1 Å². The summed E-state index contributed by atoms with van der Waals surface area (Å²) in [5.74, 6) is 2.36. The summed E-state index contributed by atoms with van der Waals surface area (Å²) < 4.78 is 100. The van der Waals surface area contributed by atoms with Crippen LogP contribution in [0.15, 0.2) is 58.1 Å². The van der Waals surface area contributed by atoms with Crippen molar-refractivity contribution in [3.63, 3.8) is 0 Å². The molecule has 0 fully saturated rings. The van der Waals surface area contributed by atoms with Crippen molar-refractivity contribution < 1.29 is 50.0 Å². The van der Waals surface area contributed by atoms with E-state index in [9.17, 15) is 26.3 Å². The zero-order valence-corrected chi connectivity index (χ0v) is 34.0. The standard InChI is InChI=1S/C21H22F3N5O2.C20H23F3N4O3/c1-4-6-15-17(8-7-16-19(15)31-28-20(16)21(22,23)24)30-10-5-9-29(3)18-13-26-14(11-25-2)12-27-18;1-3-5-14-16(7-6-15-18(14)30-26-19(15)20(21,22)23)29-9-4-8-27(2)17-11-24-13(12-28)10-25-17/h7-8,12-13H,4-6,9-11H2,1,3H3;6-7,10-11,28H,3-5,8-9,12H2,1-2H3. The molecule has 20 heteroatoms. The van der Waals surface area contributed by atoms with Gasteiger partial charge < -0.3 is 38.3 Å². The molecule has 2 aromatic carbocycles. The number of fused-ring (bicyclic) bond motifs is 2. The van der Waals surface area contributed by atoms with Crippen molar-refractivity contribution in [2.75, 3.05) is 50.2 Å². The fourth-order valence-electron chi connectivity index (χ4n) is 6.27. The maximum absolute atomic E-state index is 13.1. The van der Waals surface area contributed by atoms with Crippen molar-refractivity contribution in [3.8, 4) is 11.5 Å². The van der Waals surface area contributed by atoms with Gasteiger partial charge in [0.1, 0.15) is 28.8 Å². The van der Waals surface area contributed by atoms with Gasteiger partial charge >= 0.3 is 12.4 Å². The van der Waals surface area contributed by atoms with Crippen LogP contribution in [-0.2, 0) is 38.3 Å². The molecule has 4 aromatic heterocycles. The first-order valence-electron chi connectivity index (χ1n) is 19.4. The Bertz CT molecular complexity index is 2360. The summed E-state index contributed by atoms with van der Waals surface area (Å²) in [5.41, 5.74) is 0.518. The third-order valence-electron chi connectivity index (χ3n) is 9.30. The van der Waals surface area contributed by atoms with Crippen molar-refractivity contribution in [1.29, 1.82) is 0 Å². The van der Waals surface area contributed by atoms with Crippen molar-refractivity contribution in [1.82, 2.24) is 30.2 Å². The summed E-state index contributed by atoms with van der Waals surface area (Å²) in [5, 5.41) is 15.4. The first-order valence-corrected chi connectivity index (χ1v) is 19.4. The van der Waals surface area contributed by atoms with Crippen LogP contribution in [0.4, 0.5) is 38.0 Å². The van der Waals surface area contributed by atoms with Crippen molar-refractivity contribution in [3.05, 3.63) is 94.4 Å². The molecule has 0 saturated carbocycles. The maximum atomic E-state index is 13.1. The van der Waals surface area contributed by atoms with Gasteiger partial charge in [0.2, 0.25) is 0 Å². The van der Waals surface area contributed by atoms with E-state index in [4.69, 9.17) is 30.2 Å². The van der Waals surface area contributed by atoms with Gasteiger partial charge in [0, 0.05) is 38.3 Å². The Balaban J connectivity index is 0.000000231. The monoisotopic (exact) mass is 857 g/mol. The molecule has 1 N–H and O–H groups in total. The number of aryl methyl sites for hydroxylation is 2. The Morgan fingerprint density at radius 1 is 0.672 bits per heavy atom. The molecule has 0 spiro atoms. The molecule has 14 nitrogen and oxygen atoms in total. The lowest BCUT2D eigenvalue weighted by Gasteiger charge is -2.18. The highest BCUT2D eigenvalue weighted by Crippen LogP contribution is 2.39. The number of aliphatic hydroxyl groups excluding tert-OH is 1. The zero-order chi connectivity index (χ0) is 44.2. The van der Waals surface area contributed by atoms with Crippen LogP contribution in [-0.4, -0.2) is 75.8 Å². The first-order chi connectivity index (χ1) is 29.2. The Hall–Kier alpha value is -6.23. The summed E-state index contributed by atoms with van der Waals surface area (Å²) in [4.78, 5) is 23.9. The van der Waals surface area contributed by atoms with Gasteiger partial charge in [-0.2, -0.15) is 26.3 Å². The van der Waals surface area contributed by atoms with Crippen molar-refractivity contribution in [2.45, 2.75) is 77.9 Å². The Kier molecular flexibility index (Phi) is 15.7. The number of aromatic nitrogens is 6. The number of aliphatic hydroxyl groups is 1. The summed E-state index contributed by atoms with van der Waals surface area (Å²) in [6, 6.07) is 5.77. The molecule has 326 valence electrons. The second-order valence-electron chi connectivity index (χ2n) is 13.8. The van der Waals surface area contributed by atoms with Crippen LogP contribution < -0.4 is 19.3 Å². The van der Waals surface area contributed by atoms with Crippen LogP contribution in [0.1, 0.15) is 73.4 Å². The SMILES string of the molecule is CCCc1c(OCCCN(C)c2cnc(CO)cn2)ccc2c(C(F)(F)F)noc12.[C-]#[N+]Cc1cnc(N(C)CCCOc2ccc3c(C(F)(F)F)noc3c2CCC)cn1. The second-order valence-corrected chi connectivity index (χ2v) is 13.8. The van der Waals surface area contributed by atoms with Crippen LogP contribution >= 0.6 is 0 Å². The summed E-state index contributed by atoms with van der Waals surface area (Å²) in [6.45, 7) is 12.8. The fourth-order valence-corrected chi connectivity index (χ4v) is 6.27. The molecular formula is C41H45F6N9O5. The van der Waals surface area contributed by atoms with Crippen LogP contribution in [0, 0.1) is 6.57 Å². The van der Waals surface area contributed by atoms with Gasteiger partial charge in [-0.15, -0.1) is 0 Å². The number of alkyl halides is 6. The molecule has 6 aromatic rings. The molecule has 0 aliphatic carbocycles. The molecule has 0 aliphatic heterocycles. The molecule has 61 heavy (non-hydrogen) atoms. The minimum absolute atomic E-state index is 0.0525. The normalized spacial score (nSPS) is 11.6. The number of hydrogen-bond donors (Lipinski definition) is 1. The highest BCUT2D eigenvalue weighted by atomic mass is 19.4. The summed E-state index contributed by atoms with van der Waals surface area (Å²) in [6.07, 6.45) is 0.976. The van der Waals surface area contributed by atoms with E-state index in [0.717, 1.165) is 12.8 Å². The molecule has 0 radical (unpaired) electrons. The predicted octanol–water partition coefficient (Wildman–Crippen LogP) is 8.90. The second kappa shape index (κ2) is 20.8. The molecule has 6 rings (SSSR count). The minimum Gasteiger partial charge on any atom is -0.493 e. The van der Waals surface area contributed by atoms with E-state index in [2.05, 4.69) is 35.1 Å². The smallest absolute Gasteiger partial charge is 0.437 e. The van der Waals surface area contributed by atoms with Crippen LogP contribution in [0.5, 0.6) is 11.5 Å². The lowest BCUT2D eigenvalue weighted by Crippen LogP contribution is -2.21. The third kappa shape index (κ3) is 11.7.